The fraction of sp³-hybridized carbons (Fsp3) is 0.474. The first-order valence-corrected chi connectivity index (χ1v) is 9.40. The standard InChI is InChI=1S/C19H26FN3OS/c1-6-22(5)10-11-23(7-2)19(24)17-14(4)21-18(25-17)15-8-9-16(20)13(3)12-15/h8-9,12H,6-7,10-11H2,1-5H3. The molecule has 0 atom stereocenters. The number of hydrogen-bond donors (Lipinski definition) is 0. The fourth-order valence-electron chi connectivity index (χ4n) is 2.49. The number of thiazole rings is 1. The summed E-state index contributed by atoms with van der Waals surface area (Å²) in [6.07, 6.45) is 0. The number of amides is 1. The number of carbonyl (C=O) groups excluding carboxylic acids is 1. The Labute approximate surface area is 153 Å². The first-order valence-electron chi connectivity index (χ1n) is 8.59. The summed E-state index contributed by atoms with van der Waals surface area (Å²) in [5.74, 6) is -0.211. The Morgan fingerprint density at radius 1 is 1.20 bits per heavy atom. The molecule has 1 heterocycles. The Hall–Kier alpha value is -1.79. The quantitative estimate of drug-likeness (QED) is 0.747. The Balaban J connectivity index is 2.22. The first kappa shape index (κ1) is 19.5. The Morgan fingerprint density at radius 3 is 2.52 bits per heavy atom. The van der Waals surface area contributed by atoms with Crippen LogP contribution in [0.25, 0.3) is 10.6 Å². The van der Waals surface area contributed by atoms with Crippen LogP contribution in [0.2, 0.25) is 0 Å². The maximum absolute atomic E-state index is 13.5. The fourth-order valence-corrected chi connectivity index (χ4v) is 3.52. The number of rotatable bonds is 7. The van der Waals surface area contributed by atoms with Crippen LogP contribution in [0.1, 0.15) is 34.8 Å². The monoisotopic (exact) mass is 363 g/mol. The lowest BCUT2D eigenvalue weighted by Crippen LogP contribution is -2.37. The molecule has 0 spiro atoms. The summed E-state index contributed by atoms with van der Waals surface area (Å²) < 4.78 is 13.5. The molecule has 0 aliphatic rings. The molecule has 0 radical (unpaired) electrons. The number of carbonyl (C=O) groups is 1. The lowest BCUT2D eigenvalue weighted by atomic mass is 10.1. The molecule has 6 heteroatoms. The van der Waals surface area contributed by atoms with E-state index in [9.17, 15) is 9.18 Å². The third-order valence-electron chi connectivity index (χ3n) is 4.36. The summed E-state index contributed by atoms with van der Waals surface area (Å²) in [4.78, 5) is 22.1. The summed E-state index contributed by atoms with van der Waals surface area (Å²) in [6, 6.07) is 4.93. The number of benzene rings is 1. The second-order valence-corrected chi connectivity index (χ2v) is 7.18. The van der Waals surface area contributed by atoms with Crippen molar-refractivity contribution < 1.29 is 9.18 Å². The molecule has 0 fully saturated rings. The molecule has 1 amide bonds. The van der Waals surface area contributed by atoms with Gasteiger partial charge in [-0.25, -0.2) is 9.37 Å². The summed E-state index contributed by atoms with van der Waals surface area (Å²) in [5, 5.41) is 0.755. The molecule has 1 aromatic carbocycles. The predicted octanol–water partition coefficient (Wildman–Crippen LogP) is 3.98. The molecule has 0 unspecified atom stereocenters. The van der Waals surface area contributed by atoms with E-state index in [1.165, 1.54) is 17.4 Å². The van der Waals surface area contributed by atoms with E-state index in [4.69, 9.17) is 0 Å². The maximum Gasteiger partial charge on any atom is 0.265 e. The van der Waals surface area contributed by atoms with E-state index in [-0.39, 0.29) is 11.7 Å². The minimum absolute atomic E-state index is 0.0205. The van der Waals surface area contributed by atoms with Crippen molar-refractivity contribution in [1.29, 1.82) is 0 Å². The molecular formula is C19H26FN3OS. The average Bonchev–Trinajstić information content (AvgIpc) is 2.99. The second kappa shape index (κ2) is 8.54. The molecule has 0 N–H and O–H groups in total. The zero-order valence-corrected chi connectivity index (χ0v) is 16.4. The number of aryl methyl sites for hydroxylation is 2. The van der Waals surface area contributed by atoms with Crippen molar-refractivity contribution in [3.05, 3.63) is 40.2 Å². The second-order valence-electron chi connectivity index (χ2n) is 6.18. The molecular weight excluding hydrogens is 337 g/mol. The number of likely N-dealkylation sites (N-methyl/N-ethyl adjacent to an activating group) is 2. The SMILES string of the molecule is CCN(C)CCN(CC)C(=O)c1sc(-c2ccc(F)c(C)c2)nc1C. The number of halogens is 1. The van der Waals surface area contributed by atoms with Crippen molar-refractivity contribution in [2.45, 2.75) is 27.7 Å². The third kappa shape index (κ3) is 4.64. The minimum atomic E-state index is -0.231. The number of nitrogens with zero attached hydrogens (tertiary/aromatic N) is 3. The molecule has 4 nitrogen and oxygen atoms in total. The molecule has 0 aliphatic heterocycles. The van der Waals surface area contributed by atoms with Gasteiger partial charge in [-0.2, -0.15) is 0 Å². The molecule has 1 aromatic heterocycles. The van der Waals surface area contributed by atoms with E-state index in [0.29, 0.717) is 23.5 Å². The molecule has 0 saturated heterocycles. The lowest BCUT2D eigenvalue weighted by molar-refractivity contribution is 0.0755. The van der Waals surface area contributed by atoms with Crippen molar-refractivity contribution in [3.8, 4) is 10.6 Å². The van der Waals surface area contributed by atoms with Gasteiger partial charge in [0, 0.05) is 25.2 Å². The molecule has 0 bridgehead atoms. The lowest BCUT2D eigenvalue weighted by Gasteiger charge is -2.23. The van der Waals surface area contributed by atoms with E-state index < -0.39 is 0 Å². The van der Waals surface area contributed by atoms with Gasteiger partial charge in [-0.05, 0) is 58.1 Å². The minimum Gasteiger partial charge on any atom is -0.337 e. The van der Waals surface area contributed by atoms with Gasteiger partial charge < -0.3 is 9.80 Å². The summed E-state index contributed by atoms with van der Waals surface area (Å²) >= 11 is 1.38. The zero-order valence-electron chi connectivity index (χ0n) is 15.6. The van der Waals surface area contributed by atoms with Gasteiger partial charge in [-0.3, -0.25) is 4.79 Å². The van der Waals surface area contributed by atoms with Crippen molar-refractivity contribution in [2.24, 2.45) is 0 Å². The largest absolute Gasteiger partial charge is 0.337 e. The topological polar surface area (TPSA) is 36.4 Å². The van der Waals surface area contributed by atoms with Crippen LogP contribution in [-0.2, 0) is 0 Å². The van der Waals surface area contributed by atoms with Gasteiger partial charge in [-0.15, -0.1) is 11.3 Å². The molecule has 0 saturated carbocycles. The van der Waals surface area contributed by atoms with Crippen LogP contribution in [0.15, 0.2) is 18.2 Å². The molecule has 136 valence electrons. The molecule has 2 aromatic rings. The van der Waals surface area contributed by atoms with Crippen LogP contribution in [-0.4, -0.2) is 53.9 Å². The summed E-state index contributed by atoms with van der Waals surface area (Å²) in [7, 11) is 2.05. The normalized spacial score (nSPS) is 11.2. The van der Waals surface area contributed by atoms with Crippen LogP contribution in [0.4, 0.5) is 4.39 Å². The highest BCUT2D eigenvalue weighted by molar-refractivity contribution is 7.17. The Bertz CT molecular complexity index is 744. The molecule has 25 heavy (non-hydrogen) atoms. The third-order valence-corrected chi connectivity index (χ3v) is 5.55. The van der Waals surface area contributed by atoms with Gasteiger partial charge in [0.05, 0.1) is 5.69 Å². The first-order chi connectivity index (χ1) is 11.9. The predicted molar refractivity (Wildman–Crippen MR) is 102 cm³/mol. The summed E-state index contributed by atoms with van der Waals surface area (Å²) in [6.45, 7) is 10.8. The van der Waals surface area contributed by atoms with Gasteiger partial charge in [0.1, 0.15) is 15.7 Å². The molecule has 0 aliphatic carbocycles. The van der Waals surface area contributed by atoms with E-state index >= 15 is 0 Å². The van der Waals surface area contributed by atoms with Crippen molar-refractivity contribution in [1.82, 2.24) is 14.8 Å². The van der Waals surface area contributed by atoms with Crippen LogP contribution in [0.5, 0.6) is 0 Å². The number of aromatic nitrogens is 1. The highest BCUT2D eigenvalue weighted by Gasteiger charge is 2.21. The van der Waals surface area contributed by atoms with Crippen LogP contribution >= 0.6 is 11.3 Å². The van der Waals surface area contributed by atoms with Crippen molar-refractivity contribution in [2.75, 3.05) is 33.2 Å². The van der Waals surface area contributed by atoms with Crippen molar-refractivity contribution in [3.63, 3.8) is 0 Å². The van der Waals surface area contributed by atoms with Gasteiger partial charge >= 0.3 is 0 Å². The smallest absolute Gasteiger partial charge is 0.265 e. The van der Waals surface area contributed by atoms with E-state index in [1.807, 2.05) is 25.8 Å². The highest BCUT2D eigenvalue weighted by atomic mass is 32.1. The van der Waals surface area contributed by atoms with E-state index in [1.54, 1.807) is 19.1 Å². The van der Waals surface area contributed by atoms with Gasteiger partial charge in [0.15, 0.2) is 0 Å². The van der Waals surface area contributed by atoms with Crippen LogP contribution in [0, 0.1) is 19.7 Å². The Kier molecular flexibility index (Phi) is 6.67. The maximum atomic E-state index is 13.5. The summed E-state index contributed by atoms with van der Waals surface area (Å²) in [5.41, 5.74) is 2.16. The number of hydrogen-bond acceptors (Lipinski definition) is 4. The van der Waals surface area contributed by atoms with Crippen LogP contribution in [0.3, 0.4) is 0 Å². The van der Waals surface area contributed by atoms with Crippen molar-refractivity contribution >= 4 is 17.2 Å². The van der Waals surface area contributed by atoms with Gasteiger partial charge in [0.2, 0.25) is 0 Å². The van der Waals surface area contributed by atoms with Crippen LogP contribution < -0.4 is 0 Å². The average molecular weight is 364 g/mol. The molecule has 2 rings (SSSR count). The van der Waals surface area contributed by atoms with E-state index in [0.717, 1.165) is 29.4 Å². The van der Waals surface area contributed by atoms with Gasteiger partial charge in [-0.1, -0.05) is 6.92 Å². The van der Waals surface area contributed by atoms with E-state index in [2.05, 4.69) is 16.8 Å². The Morgan fingerprint density at radius 2 is 1.92 bits per heavy atom. The van der Waals surface area contributed by atoms with Gasteiger partial charge in [0.25, 0.3) is 5.91 Å². The zero-order chi connectivity index (χ0) is 18.6. The highest BCUT2D eigenvalue weighted by Crippen LogP contribution is 2.29.